The first-order valence-electron chi connectivity index (χ1n) is 6.72. The number of nitrogens with one attached hydrogen (secondary N) is 1. The van der Waals surface area contributed by atoms with Crippen molar-refractivity contribution in [2.45, 2.75) is 19.4 Å². The summed E-state index contributed by atoms with van der Waals surface area (Å²) in [5.74, 6) is 0.205. The van der Waals surface area contributed by atoms with Crippen LogP contribution in [0.3, 0.4) is 0 Å². The summed E-state index contributed by atoms with van der Waals surface area (Å²) in [6.07, 6.45) is 6.66. The average molecular weight is 268 g/mol. The second kappa shape index (κ2) is 5.69. The van der Waals surface area contributed by atoms with Crippen molar-refractivity contribution in [1.82, 2.24) is 9.97 Å². The van der Waals surface area contributed by atoms with Gasteiger partial charge in [-0.15, -0.1) is 0 Å². The van der Waals surface area contributed by atoms with E-state index in [0.717, 1.165) is 30.0 Å². The van der Waals surface area contributed by atoms with Crippen molar-refractivity contribution in [2.24, 2.45) is 0 Å². The van der Waals surface area contributed by atoms with E-state index in [0.29, 0.717) is 13.0 Å². The maximum atomic E-state index is 11.8. The molecule has 5 heteroatoms. The number of nitrogens with zero attached hydrogens (tertiary/aromatic N) is 3. The number of carbonyl (C=O) groups excluding carboxylic acids is 1. The zero-order chi connectivity index (χ0) is 13.8. The highest BCUT2D eigenvalue weighted by atomic mass is 16.2. The minimum Gasteiger partial charge on any atom is -0.379 e. The molecule has 1 aromatic heterocycles. The summed E-state index contributed by atoms with van der Waals surface area (Å²) in [6, 6.07) is 7.91. The molecule has 1 saturated heterocycles. The first kappa shape index (κ1) is 12.6. The molecule has 1 aliphatic heterocycles. The first-order chi connectivity index (χ1) is 9.83. The molecule has 0 radical (unpaired) electrons. The van der Waals surface area contributed by atoms with E-state index >= 15 is 0 Å². The average Bonchev–Trinajstić information content (AvgIpc) is 2.93. The van der Waals surface area contributed by atoms with Crippen LogP contribution >= 0.6 is 0 Å². The fourth-order valence-electron chi connectivity index (χ4n) is 2.32. The van der Waals surface area contributed by atoms with Gasteiger partial charge in [-0.1, -0.05) is 6.07 Å². The van der Waals surface area contributed by atoms with Crippen LogP contribution in [0.2, 0.25) is 0 Å². The maximum absolute atomic E-state index is 11.8. The van der Waals surface area contributed by atoms with Crippen molar-refractivity contribution in [3.8, 4) is 0 Å². The summed E-state index contributed by atoms with van der Waals surface area (Å²) in [6.45, 7) is 1.43. The largest absolute Gasteiger partial charge is 0.379 e. The lowest BCUT2D eigenvalue weighted by molar-refractivity contribution is -0.117. The number of anilines is 2. The Morgan fingerprint density at radius 3 is 3.00 bits per heavy atom. The van der Waals surface area contributed by atoms with Crippen LogP contribution in [0.5, 0.6) is 0 Å². The first-order valence-corrected chi connectivity index (χ1v) is 6.72. The highest BCUT2D eigenvalue weighted by Gasteiger charge is 2.21. The SMILES string of the molecule is O=C1CCCN1c1cccc(NCc2cnccn2)c1. The lowest BCUT2D eigenvalue weighted by atomic mass is 10.2. The Morgan fingerprint density at radius 2 is 2.25 bits per heavy atom. The number of benzene rings is 1. The van der Waals surface area contributed by atoms with Crippen LogP contribution in [0.1, 0.15) is 18.5 Å². The minimum atomic E-state index is 0.205. The molecule has 5 nitrogen and oxygen atoms in total. The zero-order valence-corrected chi connectivity index (χ0v) is 11.1. The molecule has 1 aromatic carbocycles. The van der Waals surface area contributed by atoms with E-state index in [1.807, 2.05) is 29.2 Å². The number of amides is 1. The van der Waals surface area contributed by atoms with Gasteiger partial charge in [0.15, 0.2) is 0 Å². The summed E-state index contributed by atoms with van der Waals surface area (Å²) < 4.78 is 0. The van der Waals surface area contributed by atoms with Crippen LogP contribution in [0.25, 0.3) is 0 Å². The molecule has 0 bridgehead atoms. The molecule has 1 N–H and O–H groups in total. The van der Waals surface area contributed by atoms with Gasteiger partial charge in [-0.05, 0) is 24.6 Å². The van der Waals surface area contributed by atoms with Gasteiger partial charge >= 0.3 is 0 Å². The summed E-state index contributed by atoms with van der Waals surface area (Å²) in [7, 11) is 0. The number of hydrogen-bond acceptors (Lipinski definition) is 4. The third kappa shape index (κ3) is 2.77. The van der Waals surface area contributed by atoms with Crippen molar-refractivity contribution in [3.05, 3.63) is 48.5 Å². The van der Waals surface area contributed by atoms with Crippen LogP contribution in [0, 0.1) is 0 Å². The monoisotopic (exact) mass is 268 g/mol. The second-order valence-electron chi connectivity index (χ2n) is 4.75. The Morgan fingerprint density at radius 1 is 1.30 bits per heavy atom. The molecule has 1 fully saturated rings. The van der Waals surface area contributed by atoms with E-state index in [4.69, 9.17) is 0 Å². The van der Waals surface area contributed by atoms with E-state index in [-0.39, 0.29) is 5.91 Å². The predicted molar refractivity (Wildman–Crippen MR) is 77.4 cm³/mol. The molecule has 102 valence electrons. The van der Waals surface area contributed by atoms with Crippen molar-refractivity contribution in [3.63, 3.8) is 0 Å². The van der Waals surface area contributed by atoms with Gasteiger partial charge < -0.3 is 10.2 Å². The van der Waals surface area contributed by atoms with E-state index in [1.54, 1.807) is 18.6 Å². The minimum absolute atomic E-state index is 0.205. The normalized spacial score (nSPS) is 14.6. The lowest BCUT2D eigenvalue weighted by Gasteiger charge is -2.17. The standard InChI is InChI=1S/C15H16N4O/c20-15-5-2-8-19(15)14-4-1-3-12(9-14)18-11-13-10-16-6-7-17-13/h1,3-4,6-7,9-10,18H,2,5,8,11H2. The third-order valence-corrected chi connectivity index (χ3v) is 3.32. The van der Waals surface area contributed by atoms with Gasteiger partial charge in [0.25, 0.3) is 0 Å². The Hall–Kier alpha value is -2.43. The maximum Gasteiger partial charge on any atom is 0.227 e. The highest BCUT2D eigenvalue weighted by Crippen LogP contribution is 2.24. The molecular formula is C15H16N4O. The summed E-state index contributed by atoms with van der Waals surface area (Å²) in [4.78, 5) is 21.8. The van der Waals surface area contributed by atoms with E-state index in [2.05, 4.69) is 15.3 Å². The smallest absolute Gasteiger partial charge is 0.227 e. The molecule has 2 aromatic rings. The number of hydrogen-bond donors (Lipinski definition) is 1. The van der Waals surface area contributed by atoms with E-state index in [1.165, 1.54) is 0 Å². The van der Waals surface area contributed by atoms with Crippen LogP contribution < -0.4 is 10.2 Å². The number of carbonyl (C=O) groups is 1. The summed E-state index contributed by atoms with van der Waals surface area (Å²) >= 11 is 0. The van der Waals surface area contributed by atoms with Crippen LogP contribution in [-0.2, 0) is 11.3 Å². The number of aromatic nitrogens is 2. The van der Waals surface area contributed by atoms with Crippen molar-refractivity contribution in [1.29, 1.82) is 0 Å². The molecule has 0 saturated carbocycles. The topological polar surface area (TPSA) is 58.1 Å². The zero-order valence-electron chi connectivity index (χ0n) is 11.1. The van der Waals surface area contributed by atoms with Crippen molar-refractivity contribution in [2.75, 3.05) is 16.8 Å². The van der Waals surface area contributed by atoms with Crippen LogP contribution in [0.4, 0.5) is 11.4 Å². The molecular weight excluding hydrogens is 252 g/mol. The molecule has 2 heterocycles. The Bertz CT molecular complexity index is 600. The van der Waals surface area contributed by atoms with Gasteiger partial charge in [0.2, 0.25) is 5.91 Å². The van der Waals surface area contributed by atoms with E-state index < -0.39 is 0 Å². The molecule has 1 aliphatic rings. The van der Waals surface area contributed by atoms with Gasteiger partial charge in [0.05, 0.1) is 18.4 Å². The Balaban J connectivity index is 1.70. The molecule has 0 unspecified atom stereocenters. The fraction of sp³-hybridized carbons (Fsp3) is 0.267. The fourth-order valence-corrected chi connectivity index (χ4v) is 2.32. The quantitative estimate of drug-likeness (QED) is 0.923. The van der Waals surface area contributed by atoms with Gasteiger partial charge in [-0.25, -0.2) is 0 Å². The third-order valence-electron chi connectivity index (χ3n) is 3.32. The highest BCUT2D eigenvalue weighted by molar-refractivity contribution is 5.95. The van der Waals surface area contributed by atoms with Gasteiger partial charge in [0, 0.05) is 36.7 Å². The van der Waals surface area contributed by atoms with E-state index in [9.17, 15) is 4.79 Å². The van der Waals surface area contributed by atoms with Crippen LogP contribution in [0.15, 0.2) is 42.9 Å². The van der Waals surface area contributed by atoms with Crippen molar-refractivity contribution < 1.29 is 4.79 Å². The molecule has 20 heavy (non-hydrogen) atoms. The van der Waals surface area contributed by atoms with Crippen LogP contribution in [-0.4, -0.2) is 22.4 Å². The predicted octanol–water partition coefficient (Wildman–Crippen LogP) is 2.22. The number of rotatable bonds is 4. The second-order valence-corrected chi connectivity index (χ2v) is 4.75. The van der Waals surface area contributed by atoms with Gasteiger partial charge in [-0.3, -0.25) is 14.8 Å². The summed E-state index contributed by atoms with van der Waals surface area (Å²) in [5, 5.41) is 3.30. The molecule has 0 spiro atoms. The Labute approximate surface area is 117 Å². The molecule has 3 rings (SSSR count). The molecule has 0 aliphatic carbocycles. The van der Waals surface area contributed by atoms with Gasteiger partial charge in [0.1, 0.15) is 0 Å². The molecule has 0 atom stereocenters. The van der Waals surface area contributed by atoms with Gasteiger partial charge in [-0.2, -0.15) is 0 Å². The van der Waals surface area contributed by atoms with Crippen molar-refractivity contribution >= 4 is 17.3 Å². The lowest BCUT2D eigenvalue weighted by Crippen LogP contribution is -2.23. The summed E-state index contributed by atoms with van der Waals surface area (Å²) in [5.41, 5.74) is 2.82. The Kier molecular flexibility index (Phi) is 3.58. The molecule has 1 amide bonds.